The minimum absolute atomic E-state index is 0.352. The lowest BCUT2D eigenvalue weighted by Gasteiger charge is -2.37. The summed E-state index contributed by atoms with van der Waals surface area (Å²) in [5.41, 5.74) is 0.472. The van der Waals surface area contributed by atoms with Crippen molar-refractivity contribution in [1.82, 2.24) is 5.32 Å². The summed E-state index contributed by atoms with van der Waals surface area (Å²) in [6.07, 6.45) is -5.07. The van der Waals surface area contributed by atoms with Gasteiger partial charge in [-0.1, -0.05) is 18.2 Å². The van der Waals surface area contributed by atoms with E-state index in [1.165, 1.54) is 6.92 Å². The third kappa shape index (κ3) is 4.89. The lowest BCUT2D eigenvalue weighted by atomic mass is 9.97. The van der Waals surface area contributed by atoms with Crippen LogP contribution in [0, 0.1) is 0 Å². The molecule has 0 saturated carbocycles. The summed E-state index contributed by atoms with van der Waals surface area (Å²) in [5.74, 6) is -0.876. The molecule has 25 heavy (non-hydrogen) atoms. The highest BCUT2D eigenvalue weighted by atomic mass is 16.7. The average molecular weight is 353 g/mol. The lowest BCUT2D eigenvalue weighted by Crippen LogP contribution is -2.62. The fourth-order valence-electron chi connectivity index (χ4n) is 2.20. The van der Waals surface area contributed by atoms with Crippen molar-refractivity contribution in [2.24, 2.45) is 5.16 Å². The SMILES string of the molecule is CC(=O)N[C@@H]1/C(=N\OC(=O)Nc2ccccc2)O[C@H](CO)[C@H](O)[C@@H]1O. The summed E-state index contributed by atoms with van der Waals surface area (Å²) in [5, 5.41) is 37.3. The van der Waals surface area contributed by atoms with E-state index in [1.54, 1.807) is 30.3 Å². The van der Waals surface area contributed by atoms with Gasteiger partial charge in [0.25, 0.3) is 5.90 Å². The largest absolute Gasteiger partial charge is 0.468 e. The number of amides is 2. The van der Waals surface area contributed by atoms with Crippen LogP contribution in [-0.4, -0.2) is 64.2 Å². The molecule has 1 fully saturated rings. The molecule has 136 valence electrons. The van der Waals surface area contributed by atoms with Gasteiger partial charge in [-0.05, 0) is 17.3 Å². The number of hydrogen-bond acceptors (Lipinski definition) is 8. The van der Waals surface area contributed by atoms with Gasteiger partial charge in [-0.15, -0.1) is 0 Å². The molecule has 0 bridgehead atoms. The van der Waals surface area contributed by atoms with Crippen molar-refractivity contribution in [2.75, 3.05) is 11.9 Å². The lowest BCUT2D eigenvalue weighted by molar-refractivity contribution is -0.126. The van der Waals surface area contributed by atoms with Gasteiger partial charge in [0.05, 0.1) is 6.61 Å². The Balaban J connectivity index is 2.09. The van der Waals surface area contributed by atoms with Crippen molar-refractivity contribution in [3.8, 4) is 0 Å². The molecular formula is C15H19N3O7. The third-order valence-corrected chi connectivity index (χ3v) is 3.39. The van der Waals surface area contributed by atoms with E-state index in [2.05, 4.69) is 20.6 Å². The molecule has 5 N–H and O–H groups in total. The highest BCUT2D eigenvalue weighted by Crippen LogP contribution is 2.18. The number of carbonyl (C=O) groups excluding carboxylic acids is 2. The molecule has 1 aliphatic heterocycles. The molecule has 2 amide bonds. The monoisotopic (exact) mass is 353 g/mol. The molecule has 1 aromatic carbocycles. The second-order valence-electron chi connectivity index (χ2n) is 5.30. The summed E-state index contributed by atoms with van der Waals surface area (Å²) < 4.78 is 5.20. The number of nitrogens with zero attached hydrogens (tertiary/aromatic N) is 1. The number of aliphatic hydroxyl groups is 3. The number of oxime groups is 1. The molecular weight excluding hydrogens is 334 g/mol. The fourth-order valence-corrected chi connectivity index (χ4v) is 2.20. The molecule has 2 rings (SSSR count). The summed E-state index contributed by atoms with van der Waals surface area (Å²) in [6, 6.07) is 7.22. The van der Waals surface area contributed by atoms with Gasteiger partial charge in [0.2, 0.25) is 5.91 Å². The Bertz CT molecular complexity index is 637. The van der Waals surface area contributed by atoms with E-state index >= 15 is 0 Å². The molecule has 1 aromatic rings. The quantitative estimate of drug-likeness (QED) is 0.350. The minimum Gasteiger partial charge on any atom is -0.468 e. The van der Waals surface area contributed by atoms with Crippen LogP contribution in [-0.2, 0) is 14.4 Å². The van der Waals surface area contributed by atoms with Gasteiger partial charge in [0.15, 0.2) is 6.10 Å². The van der Waals surface area contributed by atoms with Gasteiger partial charge in [-0.25, -0.2) is 4.79 Å². The normalized spacial score (nSPS) is 27.3. The summed E-state index contributed by atoms with van der Waals surface area (Å²) in [4.78, 5) is 27.7. The van der Waals surface area contributed by atoms with Crippen molar-refractivity contribution in [1.29, 1.82) is 0 Å². The van der Waals surface area contributed by atoms with Gasteiger partial charge in [0, 0.05) is 12.6 Å². The first-order valence-electron chi connectivity index (χ1n) is 7.44. The first-order valence-corrected chi connectivity index (χ1v) is 7.44. The highest BCUT2D eigenvalue weighted by Gasteiger charge is 2.44. The predicted molar refractivity (Wildman–Crippen MR) is 85.6 cm³/mol. The summed E-state index contributed by atoms with van der Waals surface area (Å²) >= 11 is 0. The molecule has 0 aromatic heterocycles. The van der Waals surface area contributed by atoms with Gasteiger partial charge < -0.3 is 25.4 Å². The molecule has 0 aliphatic carbocycles. The summed E-state index contributed by atoms with van der Waals surface area (Å²) in [7, 11) is 0. The van der Waals surface area contributed by atoms with E-state index in [0.717, 1.165) is 0 Å². The number of anilines is 1. The Labute approximate surface area is 143 Å². The number of para-hydroxylation sites is 1. The molecule has 0 unspecified atom stereocenters. The maximum atomic E-state index is 11.7. The summed E-state index contributed by atoms with van der Waals surface area (Å²) in [6.45, 7) is 0.581. The predicted octanol–water partition coefficient (Wildman–Crippen LogP) is -0.834. The van der Waals surface area contributed by atoms with Crippen LogP contribution in [0.3, 0.4) is 0 Å². The first-order chi connectivity index (χ1) is 11.9. The third-order valence-electron chi connectivity index (χ3n) is 3.39. The first kappa shape index (κ1) is 18.6. The number of nitrogens with one attached hydrogen (secondary N) is 2. The van der Waals surface area contributed by atoms with E-state index in [9.17, 15) is 24.9 Å². The van der Waals surface area contributed by atoms with Crippen molar-refractivity contribution in [2.45, 2.75) is 31.3 Å². The van der Waals surface area contributed by atoms with Crippen LogP contribution in [0.4, 0.5) is 10.5 Å². The van der Waals surface area contributed by atoms with E-state index in [1.807, 2.05) is 0 Å². The number of aliphatic hydroxyl groups excluding tert-OH is 3. The van der Waals surface area contributed by atoms with Crippen LogP contribution in [0.2, 0.25) is 0 Å². The van der Waals surface area contributed by atoms with Crippen molar-refractivity contribution >= 4 is 23.6 Å². The molecule has 10 nitrogen and oxygen atoms in total. The van der Waals surface area contributed by atoms with E-state index in [4.69, 9.17) is 4.74 Å². The molecule has 10 heteroatoms. The number of ether oxygens (including phenoxy) is 1. The van der Waals surface area contributed by atoms with Crippen molar-refractivity contribution in [3.63, 3.8) is 0 Å². The average Bonchev–Trinajstić information content (AvgIpc) is 2.59. The maximum Gasteiger partial charge on any atom is 0.437 e. The zero-order valence-electron chi connectivity index (χ0n) is 13.3. The standard InChI is InChI=1S/C15H19N3O7/c1-8(20)16-11-13(22)12(21)10(7-19)24-14(11)18-25-15(23)17-9-5-3-2-4-6-9/h2-6,10-13,19,21-22H,7H2,1H3,(H,16,20)(H,17,23)/b18-14+/t10-,11+,12+,13-/m1/s1. The Hall–Kier alpha value is -2.69. The van der Waals surface area contributed by atoms with Crippen LogP contribution in [0.25, 0.3) is 0 Å². The zero-order valence-corrected chi connectivity index (χ0v) is 13.3. The van der Waals surface area contributed by atoms with E-state index in [-0.39, 0.29) is 5.90 Å². The second-order valence-corrected chi connectivity index (χ2v) is 5.30. The van der Waals surface area contributed by atoms with Gasteiger partial charge in [-0.2, -0.15) is 0 Å². The highest BCUT2D eigenvalue weighted by molar-refractivity contribution is 5.89. The van der Waals surface area contributed by atoms with Gasteiger partial charge in [-0.3, -0.25) is 14.9 Å². The molecule has 0 spiro atoms. The molecule has 1 aliphatic rings. The number of rotatable bonds is 4. The Morgan fingerprint density at radius 1 is 1.24 bits per heavy atom. The zero-order chi connectivity index (χ0) is 18.4. The Morgan fingerprint density at radius 2 is 1.92 bits per heavy atom. The van der Waals surface area contributed by atoms with Crippen LogP contribution in [0.1, 0.15) is 6.92 Å². The fraction of sp³-hybridized carbons (Fsp3) is 0.400. The van der Waals surface area contributed by atoms with E-state index in [0.29, 0.717) is 5.69 Å². The van der Waals surface area contributed by atoms with Crippen molar-refractivity contribution < 1.29 is 34.5 Å². The van der Waals surface area contributed by atoms with Crippen LogP contribution in [0.15, 0.2) is 35.5 Å². The number of carbonyl (C=O) groups is 2. The Morgan fingerprint density at radius 3 is 2.52 bits per heavy atom. The minimum atomic E-state index is -1.51. The van der Waals surface area contributed by atoms with E-state index < -0.39 is 43.0 Å². The van der Waals surface area contributed by atoms with Gasteiger partial charge >= 0.3 is 6.09 Å². The number of hydrogen-bond donors (Lipinski definition) is 5. The van der Waals surface area contributed by atoms with Crippen molar-refractivity contribution in [3.05, 3.63) is 30.3 Å². The molecule has 1 saturated heterocycles. The van der Waals surface area contributed by atoms with Crippen LogP contribution in [0.5, 0.6) is 0 Å². The molecule has 1 heterocycles. The molecule has 4 atom stereocenters. The molecule has 0 radical (unpaired) electrons. The Kier molecular flexibility index (Phi) is 6.28. The number of benzene rings is 1. The van der Waals surface area contributed by atoms with Crippen LogP contribution >= 0.6 is 0 Å². The second kappa shape index (κ2) is 8.42. The maximum absolute atomic E-state index is 11.7. The topological polar surface area (TPSA) is 150 Å². The van der Waals surface area contributed by atoms with Gasteiger partial charge in [0.1, 0.15) is 18.2 Å². The van der Waals surface area contributed by atoms with Crippen LogP contribution < -0.4 is 10.6 Å². The smallest absolute Gasteiger partial charge is 0.437 e.